The predicted molar refractivity (Wildman–Crippen MR) is 75.9 cm³/mol. The Balaban J connectivity index is 2.51. The number of benzene rings is 1. The van der Waals surface area contributed by atoms with Crippen LogP contribution in [-0.2, 0) is 0 Å². The molecule has 0 saturated heterocycles. The molecule has 0 amide bonds. The normalized spacial score (nSPS) is 12.4. The zero-order chi connectivity index (χ0) is 13.8. The third kappa shape index (κ3) is 3.11. The molecular formula is C15H16ClFN2. The minimum absolute atomic E-state index is 0.232. The van der Waals surface area contributed by atoms with Gasteiger partial charge in [0.15, 0.2) is 0 Å². The maximum absolute atomic E-state index is 14.1. The number of nitrogens with zero attached hydrogens (tertiary/aromatic N) is 1. The van der Waals surface area contributed by atoms with Crippen molar-refractivity contribution >= 4 is 11.6 Å². The summed E-state index contributed by atoms with van der Waals surface area (Å²) in [7, 11) is 0. The second-order valence-corrected chi connectivity index (χ2v) is 4.82. The Kier molecular flexibility index (Phi) is 4.51. The first-order chi connectivity index (χ1) is 9.13. The van der Waals surface area contributed by atoms with Crippen molar-refractivity contribution in [2.24, 2.45) is 0 Å². The van der Waals surface area contributed by atoms with Crippen LogP contribution >= 0.6 is 11.6 Å². The molecule has 1 heterocycles. The molecule has 19 heavy (non-hydrogen) atoms. The molecule has 0 radical (unpaired) electrons. The molecule has 0 spiro atoms. The summed E-state index contributed by atoms with van der Waals surface area (Å²) in [5.74, 6) is -0.232. The molecule has 1 N–H and O–H groups in total. The Hall–Kier alpha value is -1.45. The Labute approximate surface area is 117 Å². The van der Waals surface area contributed by atoms with Crippen LogP contribution in [0.15, 0.2) is 36.7 Å². The van der Waals surface area contributed by atoms with Gasteiger partial charge < -0.3 is 5.32 Å². The fraction of sp³-hybridized carbons (Fsp3) is 0.267. The Morgan fingerprint density at radius 2 is 2.11 bits per heavy atom. The molecule has 0 saturated carbocycles. The summed E-state index contributed by atoms with van der Waals surface area (Å²) in [5, 5.41) is 3.81. The number of rotatable bonds is 4. The van der Waals surface area contributed by atoms with Gasteiger partial charge in [-0.25, -0.2) is 4.39 Å². The van der Waals surface area contributed by atoms with Gasteiger partial charge in [-0.1, -0.05) is 36.2 Å². The summed E-state index contributed by atoms with van der Waals surface area (Å²) in [6.45, 7) is 4.65. The molecule has 0 bridgehead atoms. The van der Waals surface area contributed by atoms with Crippen LogP contribution in [0.25, 0.3) is 0 Å². The summed E-state index contributed by atoms with van der Waals surface area (Å²) in [6.07, 6.45) is 3.24. The lowest BCUT2D eigenvalue weighted by molar-refractivity contribution is 0.558. The van der Waals surface area contributed by atoms with E-state index in [9.17, 15) is 4.39 Å². The molecule has 100 valence electrons. The van der Waals surface area contributed by atoms with Crippen LogP contribution < -0.4 is 5.32 Å². The Bertz CT molecular complexity index is 572. The number of aromatic nitrogens is 1. The highest BCUT2D eigenvalue weighted by atomic mass is 35.5. The van der Waals surface area contributed by atoms with Gasteiger partial charge in [0, 0.05) is 18.0 Å². The van der Waals surface area contributed by atoms with Gasteiger partial charge in [-0.3, -0.25) is 4.98 Å². The average molecular weight is 279 g/mol. The molecule has 1 aromatic carbocycles. The van der Waals surface area contributed by atoms with Crippen molar-refractivity contribution in [2.75, 3.05) is 6.54 Å². The van der Waals surface area contributed by atoms with E-state index in [4.69, 9.17) is 11.6 Å². The number of aryl methyl sites for hydroxylation is 1. The monoisotopic (exact) mass is 278 g/mol. The average Bonchev–Trinajstić information content (AvgIpc) is 2.40. The van der Waals surface area contributed by atoms with Gasteiger partial charge in [0.2, 0.25) is 0 Å². The predicted octanol–water partition coefficient (Wildman–Crippen LogP) is 3.88. The molecule has 2 nitrogen and oxygen atoms in total. The van der Waals surface area contributed by atoms with Crippen molar-refractivity contribution in [2.45, 2.75) is 19.9 Å². The molecule has 2 aromatic rings. The second kappa shape index (κ2) is 6.13. The summed E-state index contributed by atoms with van der Waals surface area (Å²) in [5.41, 5.74) is 2.46. The summed E-state index contributed by atoms with van der Waals surface area (Å²) < 4.78 is 14.1. The Morgan fingerprint density at radius 1 is 1.32 bits per heavy atom. The van der Waals surface area contributed by atoms with Gasteiger partial charge in [0.1, 0.15) is 5.82 Å². The zero-order valence-corrected chi connectivity index (χ0v) is 11.7. The van der Waals surface area contributed by atoms with Crippen LogP contribution in [0.5, 0.6) is 0 Å². The van der Waals surface area contributed by atoms with Crippen LogP contribution in [0.3, 0.4) is 0 Å². The van der Waals surface area contributed by atoms with Crippen molar-refractivity contribution < 1.29 is 4.39 Å². The van der Waals surface area contributed by atoms with E-state index < -0.39 is 0 Å². The topological polar surface area (TPSA) is 24.9 Å². The van der Waals surface area contributed by atoms with E-state index in [-0.39, 0.29) is 11.9 Å². The number of hydrogen-bond donors (Lipinski definition) is 1. The molecule has 4 heteroatoms. The van der Waals surface area contributed by atoms with Crippen molar-refractivity contribution in [1.82, 2.24) is 10.3 Å². The number of nitrogens with one attached hydrogen (secondary N) is 1. The molecule has 1 unspecified atom stereocenters. The molecule has 0 aliphatic rings. The van der Waals surface area contributed by atoms with E-state index in [0.29, 0.717) is 10.6 Å². The number of hydrogen-bond acceptors (Lipinski definition) is 2. The van der Waals surface area contributed by atoms with Gasteiger partial charge in [-0.2, -0.15) is 0 Å². The van der Waals surface area contributed by atoms with E-state index >= 15 is 0 Å². The summed E-state index contributed by atoms with van der Waals surface area (Å²) in [4.78, 5) is 3.97. The largest absolute Gasteiger partial charge is 0.306 e. The van der Waals surface area contributed by atoms with E-state index in [2.05, 4.69) is 10.3 Å². The third-order valence-electron chi connectivity index (χ3n) is 2.99. The van der Waals surface area contributed by atoms with Crippen molar-refractivity contribution in [3.05, 3.63) is 64.2 Å². The lowest BCUT2D eigenvalue weighted by Gasteiger charge is -2.21. The second-order valence-electron chi connectivity index (χ2n) is 4.41. The highest BCUT2D eigenvalue weighted by Crippen LogP contribution is 2.29. The highest BCUT2D eigenvalue weighted by Gasteiger charge is 2.19. The fourth-order valence-electron chi connectivity index (χ4n) is 2.10. The van der Waals surface area contributed by atoms with Crippen LogP contribution in [0.2, 0.25) is 5.02 Å². The van der Waals surface area contributed by atoms with Crippen LogP contribution in [0.1, 0.15) is 29.7 Å². The first-order valence-electron chi connectivity index (χ1n) is 6.22. The van der Waals surface area contributed by atoms with Gasteiger partial charge in [0.05, 0.1) is 11.1 Å². The van der Waals surface area contributed by atoms with Gasteiger partial charge in [0.25, 0.3) is 0 Å². The maximum atomic E-state index is 14.1. The van der Waals surface area contributed by atoms with Crippen LogP contribution in [-0.4, -0.2) is 11.5 Å². The minimum atomic E-state index is -0.264. The summed E-state index contributed by atoms with van der Waals surface area (Å²) >= 11 is 6.17. The van der Waals surface area contributed by atoms with E-state index in [0.717, 1.165) is 17.7 Å². The lowest BCUT2D eigenvalue weighted by Crippen LogP contribution is -2.23. The third-order valence-corrected chi connectivity index (χ3v) is 3.30. The molecule has 1 aromatic heterocycles. The van der Waals surface area contributed by atoms with Crippen molar-refractivity contribution in [3.8, 4) is 0 Å². The smallest absolute Gasteiger partial charge is 0.128 e. The molecule has 1 atom stereocenters. The maximum Gasteiger partial charge on any atom is 0.128 e. The molecule has 2 rings (SSSR count). The zero-order valence-electron chi connectivity index (χ0n) is 11.0. The SMILES string of the molecule is CCNC(c1cc(C)ccc1F)c1ccncc1Cl. The van der Waals surface area contributed by atoms with Gasteiger partial charge in [-0.15, -0.1) is 0 Å². The summed E-state index contributed by atoms with van der Waals surface area (Å²) in [6, 6.07) is 6.65. The van der Waals surface area contributed by atoms with E-state index in [1.165, 1.54) is 6.07 Å². The number of halogens is 2. The van der Waals surface area contributed by atoms with Gasteiger partial charge in [-0.05, 0) is 31.2 Å². The molecule has 0 aliphatic carbocycles. The fourth-order valence-corrected chi connectivity index (χ4v) is 2.32. The number of pyridine rings is 1. The van der Waals surface area contributed by atoms with Crippen LogP contribution in [0, 0.1) is 12.7 Å². The van der Waals surface area contributed by atoms with Crippen LogP contribution in [0.4, 0.5) is 4.39 Å². The van der Waals surface area contributed by atoms with E-state index in [1.54, 1.807) is 18.5 Å². The van der Waals surface area contributed by atoms with Crippen molar-refractivity contribution in [3.63, 3.8) is 0 Å². The first-order valence-corrected chi connectivity index (χ1v) is 6.60. The highest BCUT2D eigenvalue weighted by molar-refractivity contribution is 6.31. The molecule has 0 aliphatic heterocycles. The van der Waals surface area contributed by atoms with Crippen molar-refractivity contribution in [1.29, 1.82) is 0 Å². The quantitative estimate of drug-likeness (QED) is 0.918. The van der Waals surface area contributed by atoms with E-state index in [1.807, 2.05) is 26.0 Å². The lowest BCUT2D eigenvalue weighted by atomic mass is 9.97. The van der Waals surface area contributed by atoms with Gasteiger partial charge >= 0.3 is 0 Å². The minimum Gasteiger partial charge on any atom is -0.306 e. The standard InChI is InChI=1S/C15H16ClFN2/c1-3-19-15(11-6-7-18-9-13(11)16)12-8-10(2)4-5-14(12)17/h4-9,15,19H,3H2,1-2H3. The molecule has 0 fully saturated rings. The first kappa shape index (κ1) is 14.0. The Morgan fingerprint density at radius 3 is 2.79 bits per heavy atom. The molecular weight excluding hydrogens is 263 g/mol.